The highest BCUT2D eigenvalue weighted by atomic mass is 35.5. The molecule has 0 bridgehead atoms. The van der Waals surface area contributed by atoms with Crippen molar-refractivity contribution in [3.63, 3.8) is 0 Å². The van der Waals surface area contributed by atoms with E-state index in [9.17, 15) is 0 Å². The molecule has 4 heteroatoms. The van der Waals surface area contributed by atoms with Gasteiger partial charge in [-0.2, -0.15) is 0 Å². The summed E-state index contributed by atoms with van der Waals surface area (Å²) in [6.07, 6.45) is 4.65. The average Bonchev–Trinajstić information content (AvgIpc) is 3.03. The summed E-state index contributed by atoms with van der Waals surface area (Å²) >= 11 is 5.92. The molecule has 102 valence electrons. The van der Waals surface area contributed by atoms with E-state index in [-0.39, 0.29) is 0 Å². The fourth-order valence-corrected chi connectivity index (χ4v) is 3.12. The second-order valence-corrected chi connectivity index (χ2v) is 5.86. The van der Waals surface area contributed by atoms with Crippen molar-refractivity contribution < 1.29 is 0 Å². The van der Waals surface area contributed by atoms with Crippen molar-refractivity contribution in [3.8, 4) is 0 Å². The molecule has 2 unspecified atom stereocenters. The Bertz CT molecular complexity index is 590. The van der Waals surface area contributed by atoms with Crippen molar-refractivity contribution in [2.75, 3.05) is 5.88 Å². The lowest BCUT2D eigenvalue weighted by Gasteiger charge is -2.07. The van der Waals surface area contributed by atoms with E-state index in [1.165, 1.54) is 19.3 Å². The maximum Gasteiger partial charge on any atom is 0.160 e. The van der Waals surface area contributed by atoms with Gasteiger partial charge in [-0.3, -0.25) is 0 Å². The van der Waals surface area contributed by atoms with Gasteiger partial charge in [0.25, 0.3) is 0 Å². The molecule has 0 aliphatic heterocycles. The van der Waals surface area contributed by atoms with Gasteiger partial charge >= 0.3 is 0 Å². The van der Waals surface area contributed by atoms with Crippen LogP contribution in [-0.4, -0.2) is 20.4 Å². The summed E-state index contributed by atoms with van der Waals surface area (Å²) in [6, 6.07) is 4.70. The lowest BCUT2D eigenvalue weighted by molar-refractivity contribution is 0.597. The largest absolute Gasteiger partial charge is 0.309 e. The number of aryl methyl sites for hydroxylation is 2. The number of rotatable bonds is 5. The standard InChI is InChI=1S/C15H20ClN3/c1-3-4-11-9-13(11)19-14(7-8-16)18-12-6-5-10(2)17-15(12)19/h5-6,11,13H,3-4,7-9H2,1-2H3. The summed E-state index contributed by atoms with van der Waals surface area (Å²) in [5.41, 5.74) is 3.11. The maximum absolute atomic E-state index is 5.92. The van der Waals surface area contributed by atoms with Crippen molar-refractivity contribution in [3.05, 3.63) is 23.7 Å². The third kappa shape index (κ3) is 2.36. The van der Waals surface area contributed by atoms with E-state index in [0.717, 1.165) is 35.0 Å². The lowest BCUT2D eigenvalue weighted by Crippen LogP contribution is -2.05. The van der Waals surface area contributed by atoms with Gasteiger partial charge < -0.3 is 4.57 Å². The van der Waals surface area contributed by atoms with Gasteiger partial charge in [-0.15, -0.1) is 11.6 Å². The Labute approximate surface area is 119 Å². The van der Waals surface area contributed by atoms with Gasteiger partial charge in [0.15, 0.2) is 5.65 Å². The highest BCUT2D eigenvalue weighted by molar-refractivity contribution is 6.17. The summed E-state index contributed by atoms with van der Waals surface area (Å²) < 4.78 is 2.35. The van der Waals surface area contributed by atoms with Gasteiger partial charge in [0.1, 0.15) is 11.3 Å². The van der Waals surface area contributed by atoms with E-state index in [0.29, 0.717) is 11.9 Å². The van der Waals surface area contributed by atoms with Crippen molar-refractivity contribution >= 4 is 22.8 Å². The fourth-order valence-electron chi connectivity index (χ4n) is 2.95. The van der Waals surface area contributed by atoms with Gasteiger partial charge in [0, 0.05) is 24.0 Å². The molecule has 19 heavy (non-hydrogen) atoms. The first-order chi connectivity index (χ1) is 9.24. The van der Waals surface area contributed by atoms with Crippen LogP contribution in [0.25, 0.3) is 11.2 Å². The number of pyridine rings is 1. The first-order valence-corrected chi connectivity index (χ1v) is 7.68. The molecule has 0 radical (unpaired) electrons. The molecule has 2 heterocycles. The van der Waals surface area contributed by atoms with Crippen LogP contribution in [0.2, 0.25) is 0 Å². The molecular formula is C15H20ClN3. The average molecular weight is 278 g/mol. The molecule has 2 aromatic rings. The molecule has 1 fully saturated rings. The van der Waals surface area contributed by atoms with Crippen molar-refractivity contribution in [1.82, 2.24) is 14.5 Å². The van der Waals surface area contributed by atoms with Gasteiger partial charge in [0.2, 0.25) is 0 Å². The maximum atomic E-state index is 5.92. The van der Waals surface area contributed by atoms with Gasteiger partial charge in [-0.25, -0.2) is 9.97 Å². The lowest BCUT2D eigenvalue weighted by atomic mass is 10.2. The fraction of sp³-hybridized carbons (Fsp3) is 0.600. The minimum atomic E-state index is 0.595. The zero-order valence-electron chi connectivity index (χ0n) is 11.6. The highest BCUT2D eigenvalue weighted by Gasteiger charge is 2.40. The Morgan fingerprint density at radius 2 is 2.21 bits per heavy atom. The molecule has 3 rings (SSSR count). The number of halogens is 1. The summed E-state index contributed by atoms with van der Waals surface area (Å²) in [4.78, 5) is 9.41. The van der Waals surface area contributed by atoms with Crippen LogP contribution >= 0.6 is 11.6 Å². The van der Waals surface area contributed by atoms with Crippen molar-refractivity contribution in [2.24, 2.45) is 5.92 Å². The van der Waals surface area contributed by atoms with Crippen LogP contribution in [0.15, 0.2) is 12.1 Å². The van der Waals surface area contributed by atoms with E-state index in [1.807, 2.05) is 13.0 Å². The number of imidazole rings is 1. The second-order valence-electron chi connectivity index (χ2n) is 5.48. The molecule has 1 aliphatic rings. The number of fused-ring (bicyclic) bond motifs is 1. The molecule has 2 atom stereocenters. The minimum Gasteiger partial charge on any atom is -0.309 e. The third-order valence-corrected chi connectivity index (χ3v) is 4.13. The molecule has 0 N–H and O–H groups in total. The Hall–Kier alpha value is -1.09. The molecule has 0 aromatic carbocycles. The van der Waals surface area contributed by atoms with Crippen LogP contribution in [-0.2, 0) is 6.42 Å². The predicted octanol–water partition coefficient (Wildman–Crippen LogP) is 3.88. The number of alkyl halides is 1. The first kappa shape index (κ1) is 12.9. The second kappa shape index (κ2) is 5.12. The van der Waals surface area contributed by atoms with Gasteiger partial charge in [-0.1, -0.05) is 13.3 Å². The minimum absolute atomic E-state index is 0.595. The van der Waals surface area contributed by atoms with Crippen LogP contribution in [0.1, 0.15) is 43.7 Å². The highest BCUT2D eigenvalue weighted by Crippen LogP contribution is 2.48. The van der Waals surface area contributed by atoms with E-state index in [4.69, 9.17) is 21.6 Å². The molecule has 0 amide bonds. The van der Waals surface area contributed by atoms with Crippen LogP contribution in [0.3, 0.4) is 0 Å². The molecule has 0 saturated heterocycles. The summed E-state index contributed by atoms with van der Waals surface area (Å²) in [5, 5.41) is 0. The normalized spacial score (nSPS) is 22.1. The number of aromatic nitrogens is 3. The summed E-state index contributed by atoms with van der Waals surface area (Å²) in [7, 11) is 0. The van der Waals surface area contributed by atoms with Crippen LogP contribution in [0, 0.1) is 12.8 Å². The van der Waals surface area contributed by atoms with Gasteiger partial charge in [-0.05, 0) is 37.8 Å². The molecule has 3 nitrogen and oxygen atoms in total. The number of nitrogens with zero attached hydrogens (tertiary/aromatic N) is 3. The molecular weight excluding hydrogens is 258 g/mol. The Balaban J connectivity index is 2.04. The molecule has 0 spiro atoms. The van der Waals surface area contributed by atoms with Crippen LogP contribution in [0.5, 0.6) is 0 Å². The Morgan fingerprint density at radius 1 is 1.37 bits per heavy atom. The van der Waals surface area contributed by atoms with Crippen LogP contribution in [0.4, 0.5) is 0 Å². The quantitative estimate of drug-likeness (QED) is 0.777. The smallest absolute Gasteiger partial charge is 0.160 e. The zero-order valence-corrected chi connectivity index (χ0v) is 12.3. The topological polar surface area (TPSA) is 30.7 Å². The molecule has 1 aliphatic carbocycles. The Kier molecular flexibility index (Phi) is 3.48. The third-order valence-electron chi connectivity index (χ3n) is 3.94. The Morgan fingerprint density at radius 3 is 2.95 bits per heavy atom. The molecule has 2 aromatic heterocycles. The van der Waals surface area contributed by atoms with Gasteiger partial charge in [0.05, 0.1) is 0 Å². The summed E-state index contributed by atoms with van der Waals surface area (Å²) in [6.45, 7) is 4.29. The van der Waals surface area contributed by atoms with Crippen LogP contribution < -0.4 is 0 Å². The van der Waals surface area contributed by atoms with Crippen molar-refractivity contribution in [1.29, 1.82) is 0 Å². The SMILES string of the molecule is CCCC1CC1n1c(CCCl)nc2ccc(C)nc21. The van der Waals surface area contributed by atoms with E-state index >= 15 is 0 Å². The zero-order chi connectivity index (χ0) is 13.4. The van der Waals surface area contributed by atoms with E-state index in [1.54, 1.807) is 0 Å². The summed E-state index contributed by atoms with van der Waals surface area (Å²) in [5.74, 6) is 2.53. The van der Waals surface area contributed by atoms with E-state index in [2.05, 4.69) is 17.6 Å². The van der Waals surface area contributed by atoms with E-state index < -0.39 is 0 Å². The monoisotopic (exact) mass is 277 g/mol. The number of hydrogen-bond donors (Lipinski definition) is 0. The number of hydrogen-bond acceptors (Lipinski definition) is 2. The van der Waals surface area contributed by atoms with Crippen molar-refractivity contribution in [2.45, 2.75) is 45.6 Å². The first-order valence-electron chi connectivity index (χ1n) is 7.15. The predicted molar refractivity (Wildman–Crippen MR) is 78.7 cm³/mol. The molecule has 1 saturated carbocycles.